The summed E-state index contributed by atoms with van der Waals surface area (Å²) in [5, 5.41) is 0. The second-order valence-corrected chi connectivity index (χ2v) is 2.51. The number of halogens is 12. The van der Waals surface area contributed by atoms with Gasteiger partial charge in [0.15, 0.2) is 0 Å². The van der Waals surface area contributed by atoms with Gasteiger partial charge in [0, 0.05) is 12.4 Å². The maximum absolute atomic E-state index is 9.75. The van der Waals surface area contributed by atoms with Crippen LogP contribution in [0.5, 0.6) is 0 Å². The molecule has 0 unspecified atom stereocenters. The van der Waals surface area contributed by atoms with Crippen molar-refractivity contribution in [2.75, 3.05) is 0 Å². The maximum Gasteiger partial charge on any atom is 0.673 e. The molecule has 1 aromatic rings. The van der Waals surface area contributed by atoms with Gasteiger partial charge in [-0.25, -0.2) is 0 Å². The van der Waals surface area contributed by atoms with Crippen LogP contribution in [0, 0.1) is 0 Å². The van der Waals surface area contributed by atoms with Crippen molar-refractivity contribution in [2.45, 2.75) is 0 Å². The molecule has 0 fully saturated rings. The quantitative estimate of drug-likeness (QED) is 0.480. The Balaban J connectivity index is -0.000000207. The Morgan fingerprint density at radius 2 is 0.619 bits per heavy atom. The molecule has 21 heavy (non-hydrogen) atoms. The van der Waals surface area contributed by atoms with Crippen LogP contribution in [-0.4, -0.2) is 26.7 Å². The van der Waals surface area contributed by atoms with E-state index in [4.69, 9.17) is 0 Å². The normalized spacial score (nSPS) is 10.9. The van der Waals surface area contributed by atoms with Crippen molar-refractivity contribution in [3.63, 3.8) is 0 Å². The minimum atomic E-state index is -6.00. The molecule has 0 radical (unpaired) electrons. The third-order valence-electron chi connectivity index (χ3n) is 0.566. The lowest BCUT2D eigenvalue weighted by atomic mass is 10.3. The highest BCUT2D eigenvalue weighted by atomic mass is 19.5. The van der Waals surface area contributed by atoms with E-state index in [0.717, 1.165) is 0 Å². The van der Waals surface area contributed by atoms with Crippen molar-refractivity contribution in [3.8, 4) is 0 Å². The topological polar surface area (TPSA) is 12.9 Å². The van der Waals surface area contributed by atoms with Crippen molar-refractivity contribution in [2.24, 2.45) is 0 Å². The van der Waals surface area contributed by atoms with E-state index < -0.39 is 21.8 Å². The summed E-state index contributed by atoms with van der Waals surface area (Å²) in [7, 11) is -18.0. The molecular formula is C5H5B3F12N-3. The second-order valence-electron chi connectivity index (χ2n) is 2.51. The summed E-state index contributed by atoms with van der Waals surface area (Å²) in [6.45, 7) is 0. The molecule has 0 spiro atoms. The molecule has 0 amide bonds. The average molecular weight is 340 g/mol. The van der Waals surface area contributed by atoms with E-state index in [1.165, 1.54) is 0 Å². The molecule has 0 aromatic carbocycles. The lowest BCUT2D eigenvalue weighted by molar-refractivity contribution is 0.366. The maximum atomic E-state index is 9.75. The fourth-order valence-electron chi connectivity index (χ4n) is 0.313. The Morgan fingerprint density at radius 1 is 0.429 bits per heavy atom. The highest BCUT2D eigenvalue weighted by Crippen LogP contribution is 2.07. The summed E-state index contributed by atoms with van der Waals surface area (Å²) in [5.41, 5.74) is 0. The van der Waals surface area contributed by atoms with Crippen LogP contribution >= 0.6 is 0 Å². The van der Waals surface area contributed by atoms with Gasteiger partial charge in [0.05, 0.1) is 0 Å². The minimum absolute atomic E-state index is 1.75. The van der Waals surface area contributed by atoms with Gasteiger partial charge in [0.2, 0.25) is 0 Å². The number of hydrogen-bond donors (Lipinski definition) is 0. The molecule has 126 valence electrons. The van der Waals surface area contributed by atoms with E-state index in [-0.39, 0.29) is 0 Å². The molecule has 0 bridgehead atoms. The molecule has 1 nitrogen and oxygen atoms in total. The zero-order valence-corrected chi connectivity index (χ0v) is 9.60. The van der Waals surface area contributed by atoms with Gasteiger partial charge in [-0.05, 0) is 12.1 Å². The predicted octanol–water partition coefficient (Wildman–Crippen LogP) is 4.98. The highest BCUT2D eigenvalue weighted by Gasteiger charge is 2.21. The molecule has 1 heterocycles. The van der Waals surface area contributed by atoms with E-state index in [9.17, 15) is 51.8 Å². The smallest absolute Gasteiger partial charge is 0.418 e. The SMILES string of the molecule is F[B-](F)(F)F.F[B-](F)(F)F.F[B-](F)(F)F.c1ccncc1. The zero-order valence-electron chi connectivity index (χ0n) is 9.60. The molecule has 0 atom stereocenters. The molecular weight excluding hydrogens is 334 g/mol. The molecule has 1 aromatic heterocycles. The van der Waals surface area contributed by atoms with Crippen molar-refractivity contribution >= 4 is 21.8 Å². The third kappa shape index (κ3) is 248. The van der Waals surface area contributed by atoms with Crippen LogP contribution in [0.4, 0.5) is 51.8 Å². The van der Waals surface area contributed by atoms with E-state index >= 15 is 0 Å². The zero-order chi connectivity index (χ0) is 17.7. The van der Waals surface area contributed by atoms with Gasteiger partial charge in [0.25, 0.3) is 0 Å². The molecule has 0 saturated carbocycles. The van der Waals surface area contributed by atoms with Crippen molar-refractivity contribution < 1.29 is 51.8 Å². The van der Waals surface area contributed by atoms with Crippen molar-refractivity contribution in [1.82, 2.24) is 4.98 Å². The van der Waals surface area contributed by atoms with Crippen LogP contribution in [0.1, 0.15) is 0 Å². The van der Waals surface area contributed by atoms with Crippen LogP contribution in [0.2, 0.25) is 0 Å². The second kappa shape index (κ2) is 11.2. The average Bonchev–Trinajstić information content (AvgIpc) is 2.12. The van der Waals surface area contributed by atoms with E-state index in [2.05, 4.69) is 4.98 Å². The first-order chi connectivity index (χ1) is 9.00. The van der Waals surface area contributed by atoms with E-state index in [1.807, 2.05) is 18.2 Å². The standard InChI is InChI=1S/C5H5N.3BF4/c1-2-4-6-5-3-1;3*2-1(3,4)5/h1-5H;;;/q;3*-1. The van der Waals surface area contributed by atoms with Crippen LogP contribution < -0.4 is 0 Å². The van der Waals surface area contributed by atoms with E-state index in [1.54, 1.807) is 12.4 Å². The molecule has 16 heteroatoms. The molecule has 1 rings (SSSR count). The van der Waals surface area contributed by atoms with E-state index in [0.29, 0.717) is 0 Å². The summed E-state index contributed by atoms with van der Waals surface area (Å²) >= 11 is 0. The predicted molar refractivity (Wildman–Crippen MR) is 54.8 cm³/mol. The fraction of sp³-hybridized carbons (Fsp3) is 0. The first-order valence-corrected chi connectivity index (χ1v) is 4.47. The molecule has 0 aliphatic carbocycles. The minimum Gasteiger partial charge on any atom is -0.418 e. The number of hydrogen-bond acceptors (Lipinski definition) is 1. The Hall–Kier alpha value is -1.50. The first kappa shape index (κ1) is 24.5. The Labute approximate surface area is 110 Å². The van der Waals surface area contributed by atoms with Gasteiger partial charge in [-0.3, -0.25) is 4.98 Å². The Morgan fingerprint density at radius 3 is 0.667 bits per heavy atom. The summed E-state index contributed by atoms with van der Waals surface area (Å²) in [5.74, 6) is 0. The van der Waals surface area contributed by atoms with Gasteiger partial charge in [-0.2, -0.15) is 0 Å². The Bertz CT molecular complexity index is 247. The van der Waals surface area contributed by atoms with Crippen molar-refractivity contribution in [1.29, 1.82) is 0 Å². The summed E-state index contributed by atoms with van der Waals surface area (Å²) in [4.78, 5) is 3.78. The number of rotatable bonds is 0. The summed E-state index contributed by atoms with van der Waals surface area (Å²) in [6, 6.07) is 5.72. The number of nitrogens with zero attached hydrogens (tertiary/aromatic N) is 1. The monoisotopic (exact) mass is 340 g/mol. The van der Waals surface area contributed by atoms with Crippen LogP contribution in [-0.2, 0) is 0 Å². The fourth-order valence-corrected chi connectivity index (χ4v) is 0.313. The van der Waals surface area contributed by atoms with Crippen LogP contribution in [0.25, 0.3) is 0 Å². The molecule has 0 saturated heterocycles. The Kier molecular flexibility index (Phi) is 13.1. The largest absolute Gasteiger partial charge is 0.673 e. The van der Waals surface area contributed by atoms with Gasteiger partial charge in [-0.15, -0.1) is 0 Å². The first-order valence-electron chi connectivity index (χ1n) is 4.47. The third-order valence-corrected chi connectivity index (χ3v) is 0.566. The number of aromatic nitrogens is 1. The van der Waals surface area contributed by atoms with Gasteiger partial charge < -0.3 is 51.8 Å². The molecule has 0 aliphatic heterocycles. The lowest BCUT2D eigenvalue weighted by Crippen LogP contribution is -2.02. The highest BCUT2D eigenvalue weighted by molar-refractivity contribution is 6.50. The van der Waals surface area contributed by atoms with Gasteiger partial charge >= 0.3 is 21.8 Å². The van der Waals surface area contributed by atoms with Gasteiger partial charge in [-0.1, -0.05) is 6.07 Å². The summed E-state index contributed by atoms with van der Waals surface area (Å²) < 4.78 is 117. The number of pyridine rings is 1. The molecule has 0 N–H and O–H groups in total. The molecule has 0 aliphatic rings. The van der Waals surface area contributed by atoms with Crippen LogP contribution in [0.15, 0.2) is 30.6 Å². The van der Waals surface area contributed by atoms with Gasteiger partial charge in [0.1, 0.15) is 0 Å². The lowest BCUT2D eigenvalue weighted by Gasteiger charge is -1.94. The summed E-state index contributed by atoms with van der Waals surface area (Å²) in [6.07, 6.45) is 3.50. The van der Waals surface area contributed by atoms with Crippen LogP contribution in [0.3, 0.4) is 0 Å². The van der Waals surface area contributed by atoms with Crippen molar-refractivity contribution in [3.05, 3.63) is 30.6 Å².